The Morgan fingerprint density at radius 1 is 1.38 bits per heavy atom. The second-order valence-electron chi connectivity index (χ2n) is 6.29. The fraction of sp³-hybridized carbons (Fsp3) is 0.647. The number of carbonyl (C=O) groups is 1. The zero-order valence-electron chi connectivity index (χ0n) is 12.8. The Labute approximate surface area is 126 Å². The number of amides is 1. The molecule has 4 heteroatoms. The van der Waals surface area contributed by atoms with Crippen molar-refractivity contribution in [2.75, 3.05) is 18.4 Å². The van der Waals surface area contributed by atoms with Crippen LogP contribution in [0.3, 0.4) is 0 Å². The highest BCUT2D eigenvalue weighted by atomic mass is 16.2. The van der Waals surface area contributed by atoms with Gasteiger partial charge in [0.05, 0.1) is 5.56 Å². The molecule has 0 bridgehead atoms. The molecule has 2 unspecified atom stereocenters. The monoisotopic (exact) mass is 287 g/mol. The molecule has 21 heavy (non-hydrogen) atoms. The van der Waals surface area contributed by atoms with Gasteiger partial charge in [-0.2, -0.15) is 0 Å². The normalized spacial score (nSPS) is 24.7. The third-order valence-corrected chi connectivity index (χ3v) is 4.59. The first-order valence-corrected chi connectivity index (χ1v) is 8.30. The fourth-order valence-corrected chi connectivity index (χ4v) is 3.25. The van der Waals surface area contributed by atoms with E-state index >= 15 is 0 Å². The van der Waals surface area contributed by atoms with Crippen LogP contribution in [-0.2, 0) is 0 Å². The van der Waals surface area contributed by atoms with Gasteiger partial charge in [0.25, 0.3) is 5.91 Å². The number of nitrogens with one attached hydrogen (secondary N) is 1. The number of hydrogen-bond donors (Lipinski definition) is 1. The van der Waals surface area contributed by atoms with Gasteiger partial charge in [0.2, 0.25) is 0 Å². The van der Waals surface area contributed by atoms with Gasteiger partial charge in [0.15, 0.2) is 0 Å². The van der Waals surface area contributed by atoms with Crippen LogP contribution >= 0.6 is 0 Å². The van der Waals surface area contributed by atoms with Crippen LogP contribution in [0.25, 0.3) is 0 Å². The number of carbonyl (C=O) groups excluding carboxylic acids is 1. The van der Waals surface area contributed by atoms with Crippen LogP contribution in [0.4, 0.5) is 5.82 Å². The lowest BCUT2D eigenvalue weighted by Crippen LogP contribution is -2.36. The maximum Gasteiger partial charge on any atom is 0.257 e. The Balaban J connectivity index is 1.69. The van der Waals surface area contributed by atoms with Crippen molar-refractivity contribution in [1.29, 1.82) is 0 Å². The number of hydrogen-bond acceptors (Lipinski definition) is 3. The molecule has 0 spiro atoms. The molecule has 2 atom stereocenters. The van der Waals surface area contributed by atoms with E-state index in [4.69, 9.17) is 0 Å². The Morgan fingerprint density at radius 2 is 2.19 bits per heavy atom. The number of anilines is 1. The van der Waals surface area contributed by atoms with Crippen molar-refractivity contribution < 1.29 is 4.79 Å². The maximum atomic E-state index is 12.7. The molecule has 1 saturated heterocycles. The van der Waals surface area contributed by atoms with Crippen LogP contribution in [0.5, 0.6) is 0 Å². The fourth-order valence-electron chi connectivity index (χ4n) is 3.25. The molecule has 1 aliphatic carbocycles. The highest BCUT2D eigenvalue weighted by Gasteiger charge is 2.37. The average Bonchev–Trinajstić information content (AvgIpc) is 3.26. The molecule has 1 aromatic rings. The molecule has 2 heterocycles. The quantitative estimate of drug-likeness (QED) is 0.903. The summed E-state index contributed by atoms with van der Waals surface area (Å²) < 4.78 is 0. The molecule has 114 valence electrons. The van der Waals surface area contributed by atoms with E-state index in [2.05, 4.69) is 17.2 Å². The van der Waals surface area contributed by atoms with Crippen LogP contribution in [0.1, 0.15) is 55.8 Å². The van der Waals surface area contributed by atoms with E-state index in [1.165, 1.54) is 25.7 Å². The van der Waals surface area contributed by atoms with E-state index in [0.29, 0.717) is 6.04 Å². The summed E-state index contributed by atoms with van der Waals surface area (Å²) in [4.78, 5) is 19.1. The molecule has 2 fully saturated rings. The van der Waals surface area contributed by atoms with Gasteiger partial charge in [-0.1, -0.05) is 13.3 Å². The lowest BCUT2D eigenvalue weighted by atomic mass is 10.1. The second-order valence-corrected chi connectivity index (χ2v) is 6.29. The largest absolute Gasteiger partial charge is 0.366 e. The zero-order valence-corrected chi connectivity index (χ0v) is 12.8. The summed E-state index contributed by atoms with van der Waals surface area (Å²) in [5.41, 5.74) is 0.738. The Morgan fingerprint density at radius 3 is 2.95 bits per heavy atom. The van der Waals surface area contributed by atoms with Gasteiger partial charge in [-0.3, -0.25) is 4.79 Å². The van der Waals surface area contributed by atoms with Crippen molar-refractivity contribution in [3.05, 3.63) is 23.9 Å². The first-order valence-electron chi connectivity index (χ1n) is 8.30. The van der Waals surface area contributed by atoms with Gasteiger partial charge in [-0.15, -0.1) is 0 Å². The predicted molar refractivity (Wildman–Crippen MR) is 84.4 cm³/mol. The van der Waals surface area contributed by atoms with E-state index in [-0.39, 0.29) is 5.91 Å². The molecule has 2 aliphatic rings. The minimum Gasteiger partial charge on any atom is -0.366 e. The SMILES string of the molecule is CCCC1CC1Nc1ncccc1C(=O)N1CCCCC1. The van der Waals surface area contributed by atoms with Crippen molar-refractivity contribution in [3.8, 4) is 0 Å². The van der Waals surface area contributed by atoms with Crippen molar-refractivity contribution in [2.24, 2.45) is 5.92 Å². The standard InChI is InChI=1S/C17H25N3O/c1-2-7-13-12-15(13)19-16-14(8-6-9-18-16)17(21)20-10-4-3-5-11-20/h6,8-9,13,15H,2-5,7,10-12H2,1H3,(H,18,19). The van der Waals surface area contributed by atoms with Gasteiger partial charge in [0, 0.05) is 25.3 Å². The first-order chi connectivity index (χ1) is 10.3. The summed E-state index contributed by atoms with van der Waals surface area (Å²) in [5.74, 6) is 1.67. The molecule has 0 radical (unpaired) electrons. The minimum atomic E-state index is 0.137. The van der Waals surface area contributed by atoms with Gasteiger partial charge >= 0.3 is 0 Å². The van der Waals surface area contributed by atoms with Crippen molar-refractivity contribution in [3.63, 3.8) is 0 Å². The summed E-state index contributed by atoms with van der Waals surface area (Å²) in [6, 6.07) is 4.27. The Bertz CT molecular complexity index is 497. The lowest BCUT2D eigenvalue weighted by molar-refractivity contribution is 0.0725. The smallest absolute Gasteiger partial charge is 0.257 e. The summed E-state index contributed by atoms with van der Waals surface area (Å²) in [6.45, 7) is 3.99. The van der Waals surface area contributed by atoms with E-state index in [0.717, 1.165) is 43.2 Å². The molecule has 4 nitrogen and oxygen atoms in total. The Kier molecular flexibility index (Phi) is 4.42. The first kappa shape index (κ1) is 14.4. The molecule has 1 amide bonds. The van der Waals surface area contributed by atoms with Crippen LogP contribution in [0.15, 0.2) is 18.3 Å². The summed E-state index contributed by atoms with van der Waals surface area (Å²) in [5, 5.41) is 3.48. The van der Waals surface area contributed by atoms with Gasteiger partial charge in [-0.05, 0) is 50.2 Å². The van der Waals surface area contributed by atoms with Gasteiger partial charge < -0.3 is 10.2 Å². The third kappa shape index (κ3) is 3.36. The van der Waals surface area contributed by atoms with E-state index in [1.807, 2.05) is 17.0 Å². The second kappa shape index (κ2) is 6.46. The van der Waals surface area contributed by atoms with Crippen LogP contribution in [-0.4, -0.2) is 34.9 Å². The third-order valence-electron chi connectivity index (χ3n) is 4.59. The summed E-state index contributed by atoms with van der Waals surface area (Å²) in [6.07, 6.45) is 8.95. The number of pyridine rings is 1. The summed E-state index contributed by atoms with van der Waals surface area (Å²) >= 11 is 0. The molecule has 1 aromatic heterocycles. The van der Waals surface area contributed by atoms with E-state index < -0.39 is 0 Å². The van der Waals surface area contributed by atoms with Crippen molar-refractivity contribution in [1.82, 2.24) is 9.88 Å². The number of likely N-dealkylation sites (tertiary alicyclic amines) is 1. The van der Waals surface area contributed by atoms with E-state index in [1.54, 1.807) is 6.20 Å². The van der Waals surface area contributed by atoms with Crippen molar-refractivity contribution >= 4 is 11.7 Å². The highest BCUT2D eigenvalue weighted by Crippen LogP contribution is 2.37. The lowest BCUT2D eigenvalue weighted by Gasteiger charge is -2.27. The predicted octanol–water partition coefficient (Wildman–Crippen LogP) is 3.31. The molecule has 1 N–H and O–H groups in total. The van der Waals surface area contributed by atoms with Crippen LogP contribution in [0.2, 0.25) is 0 Å². The number of piperidine rings is 1. The summed E-state index contributed by atoms with van der Waals surface area (Å²) in [7, 11) is 0. The molecule has 3 rings (SSSR count). The number of nitrogens with zero attached hydrogens (tertiary/aromatic N) is 2. The van der Waals surface area contributed by atoms with Crippen LogP contribution < -0.4 is 5.32 Å². The zero-order chi connectivity index (χ0) is 14.7. The van der Waals surface area contributed by atoms with Crippen molar-refractivity contribution in [2.45, 2.75) is 51.5 Å². The minimum absolute atomic E-state index is 0.137. The molecular weight excluding hydrogens is 262 g/mol. The van der Waals surface area contributed by atoms with Gasteiger partial charge in [0.1, 0.15) is 5.82 Å². The number of aromatic nitrogens is 1. The van der Waals surface area contributed by atoms with Crippen LogP contribution in [0, 0.1) is 5.92 Å². The highest BCUT2D eigenvalue weighted by molar-refractivity contribution is 5.98. The topological polar surface area (TPSA) is 45.2 Å². The molecule has 0 aromatic carbocycles. The number of rotatable bonds is 5. The average molecular weight is 287 g/mol. The molecular formula is C17H25N3O. The van der Waals surface area contributed by atoms with E-state index in [9.17, 15) is 4.79 Å². The molecule has 1 aliphatic heterocycles. The molecule has 1 saturated carbocycles. The Hall–Kier alpha value is -1.58. The van der Waals surface area contributed by atoms with Gasteiger partial charge in [-0.25, -0.2) is 4.98 Å². The maximum absolute atomic E-state index is 12.7.